The summed E-state index contributed by atoms with van der Waals surface area (Å²) in [5, 5.41) is 0. The molecule has 0 N–H and O–H groups in total. The highest BCUT2D eigenvalue weighted by molar-refractivity contribution is 5.97. The molecule has 6 heteroatoms. The Morgan fingerprint density at radius 3 is 2.52 bits per heavy atom. The van der Waals surface area contributed by atoms with Crippen LogP contribution in [0.1, 0.15) is 36.0 Å². The first kappa shape index (κ1) is 12.6. The smallest absolute Gasteiger partial charge is 0.234 e. The third-order valence-electron chi connectivity index (χ3n) is 4.32. The third-order valence-corrected chi connectivity index (χ3v) is 4.32. The van der Waals surface area contributed by atoms with Crippen molar-refractivity contribution in [1.29, 1.82) is 0 Å². The number of carbonyl (C=O) groups excluding carboxylic acids is 1. The van der Waals surface area contributed by atoms with Crippen molar-refractivity contribution < 1.29 is 9.53 Å². The predicted molar refractivity (Wildman–Crippen MR) is 74.1 cm³/mol. The number of hydrogen-bond donors (Lipinski definition) is 0. The molecule has 2 atom stereocenters. The Bertz CT molecular complexity index is 626. The number of nitrogens with zero attached hydrogens (tertiary/aromatic N) is 4. The number of ketones is 1. The van der Waals surface area contributed by atoms with Gasteiger partial charge in [-0.3, -0.25) is 9.36 Å². The maximum Gasteiger partial charge on any atom is 0.234 e. The van der Waals surface area contributed by atoms with E-state index in [2.05, 4.69) is 15.0 Å². The van der Waals surface area contributed by atoms with Crippen molar-refractivity contribution in [3.05, 3.63) is 36.7 Å². The third kappa shape index (κ3) is 2.35. The van der Waals surface area contributed by atoms with Gasteiger partial charge in [-0.2, -0.15) is 0 Å². The van der Waals surface area contributed by atoms with E-state index in [0.717, 1.165) is 25.7 Å². The molecule has 2 fully saturated rings. The fraction of sp³-hybridized carbons (Fsp3) is 0.467. The van der Waals surface area contributed by atoms with E-state index in [1.54, 1.807) is 35.7 Å². The average Bonchev–Trinajstić information content (AvgIpc) is 3.17. The fourth-order valence-electron chi connectivity index (χ4n) is 3.27. The summed E-state index contributed by atoms with van der Waals surface area (Å²) in [7, 11) is 0. The van der Waals surface area contributed by atoms with E-state index in [0.29, 0.717) is 11.5 Å². The number of aromatic nitrogens is 4. The summed E-state index contributed by atoms with van der Waals surface area (Å²) in [4.78, 5) is 25.0. The maximum absolute atomic E-state index is 12.6. The summed E-state index contributed by atoms with van der Waals surface area (Å²) in [5.74, 6) is 0.724. The molecule has 0 radical (unpaired) electrons. The van der Waals surface area contributed by atoms with Gasteiger partial charge in [-0.1, -0.05) is 0 Å². The van der Waals surface area contributed by atoms with Crippen molar-refractivity contribution in [2.75, 3.05) is 0 Å². The second kappa shape index (κ2) is 5.04. The highest BCUT2D eigenvalue weighted by Gasteiger charge is 2.38. The highest BCUT2D eigenvalue weighted by Crippen LogP contribution is 2.37. The molecule has 0 aliphatic carbocycles. The molecule has 2 bridgehead atoms. The van der Waals surface area contributed by atoms with E-state index in [1.165, 1.54) is 0 Å². The molecule has 2 aromatic heterocycles. The molecule has 0 aromatic carbocycles. The van der Waals surface area contributed by atoms with E-state index in [1.807, 2.05) is 0 Å². The van der Waals surface area contributed by atoms with Gasteiger partial charge in [0.2, 0.25) is 5.95 Å². The number of imidazole rings is 1. The van der Waals surface area contributed by atoms with Crippen LogP contribution in [0.3, 0.4) is 0 Å². The lowest BCUT2D eigenvalue weighted by Gasteiger charge is -2.27. The van der Waals surface area contributed by atoms with Gasteiger partial charge in [0, 0.05) is 30.7 Å². The van der Waals surface area contributed by atoms with Gasteiger partial charge in [-0.15, -0.1) is 0 Å². The first-order chi connectivity index (χ1) is 10.3. The van der Waals surface area contributed by atoms with Crippen LogP contribution < -0.4 is 0 Å². The lowest BCUT2D eigenvalue weighted by Crippen LogP contribution is -2.30. The summed E-state index contributed by atoms with van der Waals surface area (Å²) in [6.07, 6.45) is 12.7. The van der Waals surface area contributed by atoms with Crippen LogP contribution >= 0.6 is 0 Å². The molecule has 21 heavy (non-hydrogen) atoms. The van der Waals surface area contributed by atoms with E-state index >= 15 is 0 Å². The Labute approximate surface area is 122 Å². The molecule has 2 aliphatic heterocycles. The molecular formula is C15H16N4O2. The van der Waals surface area contributed by atoms with Crippen LogP contribution in [0.5, 0.6) is 0 Å². The van der Waals surface area contributed by atoms with Gasteiger partial charge < -0.3 is 4.74 Å². The molecule has 4 heterocycles. The average molecular weight is 284 g/mol. The van der Waals surface area contributed by atoms with Crippen molar-refractivity contribution in [2.24, 2.45) is 5.92 Å². The highest BCUT2D eigenvalue weighted by atomic mass is 16.5. The van der Waals surface area contributed by atoms with Crippen LogP contribution in [0.25, 0.3) is 5.95 Å². The van der Waals surface area contributed by atoms with Crippen molar-refractivity contribution in [3.63, 3.8) is 0 Å². The van der Waals surface area contributed by atoms with Crippen LogP contribution in [0.4, 0.5) is 0 Å². The standard InChI is InChI=1S/C15H16N4O2/c20-14(10-5-12-1-2-13(6-10)21-12)11-7-17-15(18-8-11)19-4-3-16-9-19/h3-4,7-10,12-13H,1-2,5-6H2. The Morgan fingerprint density at radius 2 is 1.90 bits per heavy atom. The van der Waals surface area contributed by atoms with E-state index in [4.69, 9.17) is 4.74 Å². The second-order valence-electron chi connectivity index (χ2n) is 5.73. The molecule has 0 saturated carbocycles. The van der Waals surface area contributed by atoms with Gasteiger partial charge in [0.25, 0.3) is 0 Å². The predicted octanol–water partition coefficient (Wildman–Crippen LogP) is 1.80. The molecule has 2 unspecified atom stereocenters. The molecule has 0 amide bonds. The Kier molecular flexibility index (Phi) is 3.03. The summed E-state index contributed by atoms with van der Waals surface area (Å²) in [6, 6.07) is 0. The molecule has 4 rings (SSSR count). The minimum atomic E-state index is 0.0546. The van der Waals surface area contributed by atoms with Crippen LogP contribution in [0, 0.1) is 5.92 Å². The van der Waals surface area contributed by atoms with E-state index in [-0.39, 0.29) is 23.9 Å². The minimum Gasteiger partial charge on any atom is -0.375 e. The molecule has 2 saturated heterocycles. The van der Waals surface area contributed by atoms with Crippen molar-refractivity contribution >= 4 is 5.78 Å². The second-order valence-corrected chi connectivity index (χ2v) is 5.73. The minimum absolute atomic E-state index is 0.0546. The molecular weight excluding hydrogens is 268 g/mol. The van der Waals surface area contributed by atoms with Gasteiger partial charge in [-0.05, 0) is 25.7 Å². The van der Waals surface area contributed by atoms with Crippen molar-refractivity contribution in [1.82, 2.24) is 19.5 Å². The summed E-state index contributed by atoms with van der Waals surface area (Å²) in [6.45, 7) is 0. The zero-order chi connectivity index (χ0) is 14.2. The lowest BCUT2D eigenvalue weighted by atomic mass is 9.89. The van der Waals surface area contributed by atoms with E-state index in [9.17, 15) is 4.79 Å². The molecule has 0 spiro atoms. The Hall–Kier alpha value is -2.08. The van der Waals surface area contributed by atoms with Gasteiger partial charge in [0.05, 0.1) is 17.8 Å². The largest absolute Gasteiger partial charge is 0.375 e. The summed E-state index contributed by atoms with van der Waals surface area (Å²) in [5.41, 5.74) is 0.588. The monoisotopic (exact) mass is 284 g/mol. The molecule has 108 valence electrons. The number of ether oxygens (including phenoxy) is 1. The summed E-state index contributed by atoms with van der Waals surface area (Å²) >= 11 is 0. The van der Waals surface area contributed by atoms with Crippen LogP contribution in [0.2, 0.25) is 0 Å². The molecule has 2 aliphatic rings. The van der Waals surface area contributed by atoms with Crippen LogP contribution in [-0.4, -0.2) is 37.5 Å². The number of hydrogen-bond acceptors (Lipinski definition) is 5. The number of carbonyl (C=O) groups is 1. The normalized spacial score (nSPS) is 27.7. The first-order valence-corrected chi connectivity index (χ1v) is 7.29. The van der Waals surface area contributed by atoms with Crippen LogP contribution in [-0.2, 0) is 4.74 Å². The van der Waals surface area contributed by atoms with Crippen molar-refractivity contribution in [2.45, 2.75) is 37.9 Å². The van der Waals surface area contributed by atoms with Crippen molar-refractivity contribution in [3.8, 4) is 5.95 Å². The zero-order valence-corrected chi connectivity index (χ0v) is 11.6. The first-order valence-electron chi connectivity index (χ1n) is 7.29. The number of fused-ring (bicyclic) bond motifs is 2. The Balaban J connectivity index is 1.52. The van der Waals surface area contributed by atoms with Gasteiger partial charge in [0.1, 0.15) is 6.33 Å². The molecule has 2 aromatic rings. The van der Waals surface area contributed by atoms with Gasteiger partial charge in [0.15, 0.2) is 5.78 Å². The fourth-order valence-corrected chi connectivity index (χ4v) is 3.27. The number of Topliss-reactive ketones (excluding diaryl/α,β-unsaturated/α-hetero) is 1. The lowest BCUT2D eigenvalue weighted by molar-refractivity contribution is -0.0149. The Morgan fingerprint density at radius 1 is 1.19 bits per heavy atom. The maximum atomic E-state index is 12.6. The topological polar surface area (TPSA) is 69.9 Å². The number of rotatable bonds is 3. The zero-order valence-electron chi connectivity index (χ0n) is 11.6. The summed E-state index contributed by atoms with van der Waals surface area (Å²) < 4.78 is 7.50. The van der Waals surface area contributed by atoms with E-state index < -0.39 is 0 Å². The SMILES string of the molecule is O=C(c1cnc(-n2ccnc2)nc1)C1CC2CCC(C1)O2. The quantitative estimate of drug-likeness (QED) is 0.804. The van der Waals surface area contributed by atoms with Gasteiger partial charge >= 0.3 is 0 Å². The molecule has 6 nitrogen and oxygen atoms in total. The van der Waals surface area contributed by atoms with Crippen LogP contribution in [0.15, 0.2) is 31.1 Å². The van der Waals surface area contributed by atoms with Gasteiger partial charge in [-0.25, -0.2) is 15.0 Å².